The lowest BCUT2D eigenvalue weighted by atomic mass is 10.1. The number of anilines is 2. The second kappa shape index (κ2) is 9.69. The number of carbonyl (C=O) groups is 1. The Morgan fingerprint density at radius 1 is 0.960 bits per heavy atom. The van der Waals surface area contributed by atoms with Crippen molar-refractivity contribution in [2.45, 2.75) is 20.8 Å². The van der Waals surface area contributed by atoms with E-state index in [4.69, 9.17) is 9.47 Å². The molecule has 0 aliphatic rings. The number of hydrogen-bond acceptors (Lipinski definition) is 4. The summed E-state index contributed by atoms with van der Waals surface area (Å²) in [5, 5.41) is 6.01. The smallest absolute Gasteiger partial charge is 0.243 e. The van der Waals surface area contributed by atoms with Crippen molar-refractivity contribution in [3.63, 3.8) is 0 Å². The molecule has 1 amide bonds. The van der Waals surface area contributed by atoms with Crippen LogP contribution in [0.2, 0.25) is 0 Å². The maximum Gasteiger partial charge on any atom is 0.243 e. The Morgan fingerprint density at radius 2 is 1.64 bits per heavy atom. The first-order chi connectivity index (χ1) is 12.1. The Kier molecular flexibility index (Phi) is 7.29. The van der Waals surface area contributed by atoms with Gasteiger partial charge in [0, 0.05) is 18.0 Å². The van der Waals surface area contributed by atoms with Gasteiger partial charge in [-0.2, -0.15) is 0 Å². The molecule has 2 aromatic rings. The topological polar surface area (TPSA) is 59.6 Å². The van der Waals surface area contributed by atoms with E-state index in [0.717, 1.165) is 17.1 Å². The van der Waals surface area contributed by atoms with Gasteiger partial charge < -0.3 is 20.1 Å². The summed E-state index contributed by atoms with van der Waals surface area (Å²) in [6, 6.07) is 13.5. The second-order valence-electron chi connectivity index (χ2n) is 5.85. The van der Waals surface area contributed by atoms with Crippen LogP contribution in [0.5, 0.6) is 5.75 Å². The van der Waals surface area contributed by atoms with E-state index in [1.165, 1.54) is 11.1 Å². The molecule has 0 spiro atoms. The molecule has 0 aliphatic carbocycles. The number of aryl methyl sites for hydroxylation is 2. The summed E-state index contributed by atoms with van der Waals surface area (Å²) in [7, 11) is 0. The molecule has 2 aromatic carbocycles. The van der Waals surface area contributed by atoms with E-state index in [-0.39, 0.29) is 12.5 Å². The molecule has 25 heavy (non-hydrogen) atoms. The molecule has 0 bridgehead atoms. The van der Waals surface area contributed by atoms with Gasteiger partial charge in [-0.3, -0.25) is 4.79 Å². The van der Waals surface area contributed by atoms with Gasteiger partial charge in [0.05, 0.1) is 13.2 Å². The van der Waals surface area contributed by atoms with Crippen molar-refractivity contribution in [3.8, 4) is 5.75 Å². The fraction of sp³-hybridized carbons (Fsp3) is 0.350. The zero-order valence-corrected chi connectivity index (χ0v) is 15.1. The van der Waals surface area contributed by atoms with Crippen LogP contribution < -0.4 is 15.4 Å². The number of hydrogen-bond donors (Lipinski definition) is 2. The van der Waals surface area contributed by atoms with Crippen LogP contribution in [0.1, 0.15) is 18.1 Å². The van der Waals surface area contributed by atoms with Crippen molar-refractivity contribution in [2.75, 3.05) is 37.0 Å². The number of ether oxygens (including phenoxy) is 2. The molecule has 0 radical (unpaired) electrons. The summed E-state index contributed by atoms with van der Waals surface area (Å²) >= 11 is 0. The van der Waals surface area contributed by atoms with Crippen LogP contribution in [0.25, 0.3) is 0 Å². The third-order valence-electron chi connectivity index (χ3n) is 3.51. The summed E-state index contributed by atoms with van der Waals surface area (Å²) in [5.41, 5.74) is 4.03. The summed E-state index contributed by atoms with van der Waals surface area (Å²) in [4.78, 5) is 12.1. The van der Waals surface area contributed by atoms with E-state index in [0.29, 0.717) is 19.8 Å². The summed E-state index contributed by atoms with van der Waals surface area (Å²) in [5.74, 6) is 0.662. The standard InChI is InChI=1S/C20H26N2O3/c1-4-24-9-10-25-19-7-5-17(6-8-19)22-20(23)14-21-18-12-15(2)11-16(3)13-18/h5-8,11-13,21H,4,9-10,14H2,1-3H3,(H,22,23). The van der Waals surface area contributed by atoms with Crippen molar-refractivity contribution >= 4 is 17.3 Å². The van der Waals surface area contributed by atoms with Gasteiger partial charge in [0.15, 0.2) is 0 Å². The molecule has 2 rings (SSSR count). The average molecular weight is 342 g/mol. The Hall–Kier alpha value is -2.53. The first-order valence-electron chi connectivity index (χ1n) is 8.49. The molecule has 2 N–H and O–H groups in total. The van der Waals surface area contributed by atoms with Gasteiger partial charge in [0.1, 0.15) is 12.4 Å². The third-order valence-corrected chi connectivity index (χ3v) is 3.51. The Balaban J connectivity index is 1.78. The highest BCUT2D eigenvalue weighted by Gasteiger charge is 2.04. The number of amides is 1. The van der Waals surface area contributed by atoms with E-state index >= 15 is 0 Å². The lowest BCUT2D eigenvalue weighted by Gasteiger charge is -2.10. The summed E-state index contributed by atoms with van der Waals surface area (Å²) < 4.78 is 10.8. The van der Waals surface area contributed by atoms with Gasteiger partial charge in [-0.05, 0) is 68.3 Å². The monoisotopic (exact) mass is 342 g/mol. The Bertz CT molecular complexity index is 664. The van der Waals surface area contributed by atoms with Gasteiger partial charge in [0.2, 0.25) is 5.91 Å². The van der Waals surface area contributed by atoms with Crippen LogP contribution in [0, 0.1) is 13.8 Å². The molecule has 134 valence electrons. The number of benzene rings is 2. The molecule has 0 atom stereocenters. The third kappa shape index (κ3) is 6.85. The van der Waals surface area contributed by atoms with E-state index in [2.05, 4.69) is 16.7 Å². The average Bonchev–Trinajstić information content (AvgIpc) is 2.58. The molecule has 0 unspecified atom stereocenters. The fourth-order valence-corrected chi connectivity index (χ4v) is 2.46. The van der Waals surface area contributed by atoms with Gasteiger partial charge in [-0.1, -0.05) is 6.07 Å². The molecule has 0 saturated heterocycles. The largest absolute Gasteiger partial charge is 0.491 e. The molecular weight excluding hydrogens is 316 g/mol. The van der Waals surface area contributed by atoms with Crippen LogP contribution in [0.15, 0.2) is 42.5 Å². The molecule has 5 heteroatoms. The molecule has 0 aliphatic heterocycles. The number of rotatable bonds is 9. The first-order valence-corrected chi connectivity index (χ1v) is 8.49. The van der Waals surface area contributed by atoms with Crippen molar-refractivity contribution in [3.05, 3.63) is 53.6 Å². The minimum Gasteiger partial charge on any atom is -0.491 e. The van der Waals surface area contributed by atoms with Crippen LogP contribution in [-0.2, 0) is 9.53 Å². The maximum absolute atomic E-state index is 12.1. The van der Waals surface area contributed by atoms with E-state index in [9.17, 15) is 4.79 Å². The van der Waals surface area contributed by atoms with Crippen molar-refractivity contribution in [1.82, 2.24) is 0 Å². The van der Waals surface area contributed by atoms with Gasteiger partial charge in [-0.15, -0.1) is 0 Å². The molecule has 5 nitrogen and oxygen atoms in total. The molecule has 0 aromatic heterocycles. The normalized spacial score (nSPS) is 10.4. The first kappa shape index (κ1) is 18.8. The van der Waals surface area contributed by atoms with Crippen LogP contribution >= 0.6 is 0 Å². The molecule has 0 heterocycles. The number of carbonyl (C=O) groups excluding carboxylic acids is 1. The van der Waals surface area contributed by atoms with Gasteiger partial charge >= 0.3 is 0 Å². The van der Waals surface area contributed by atoms with E-state index in [1.54, 1.807) is 0 Å². The lowest BCUT2D eigenvalue weighted by molar-refractivity contribution is -0.114. The van der Waals surface area contributed by atoms with E-state index in [1.807, 2.05) is 57.2 Å². The molecule has 0 saturated carbocycles. The van der Waals surface area contributed by atoms with Crippen molar-refractivity contribution < 1.29 is 14.3 Å². The summed E-state index contributed by atoms with van der Waals surface area (Å²) in [6.45, 7) is 8.01. The lowest BCUT2D eigenvalue weighted by Crippen LogP contribution is -2.21. The quantitative estimate of drug-likeness (QED) is 0.681. The zero-order chi connectivity index (χ0) is 18.1. The van der Waals surface area contributed by atoms with Gasteiger partial charge in [0.25, 0.3) is 0 Å². The number of nitrogens with one attached hydrogen (secondary N) is 2. The summed E-state index contributed by atoms with van der Waals surface area (Å²) in [6.07, 6.45) is 0. The molecule has 0 fully saturated rings. The zero-order valence-electron chi connectivity index (χ0n) is 15.1. The predicted octanol–water partition coefficient (Wildman–Crippen LogP) is 3.77. The van der Waals surface area contributed by atoms with Crippen LogP contribution in [0.3, 0.4) is 0 Å². The van der Waals surface area contributed by atoms with E-state index < -0.39 is 0 Å². The van der Waals surface area contributed by atoms with Crippen molar-refractivity contribution in [2.24, 2.45) is 0 Å². The Labute approximate surface area is 149 Å². The SMILES string of the molecule is CCOCCOc1ccc(NC(=O)CNc2cc(C)cc(C)c2)cc1. The minimum atomic E-state index is -0.0934. The maximum atomic E-state index is 12.1. The fourth-order valence-electron chi connectivity index (χ4n) is 2.46. The van der Waals surface area contributed by atoms with Gasteiger partial charge in [-0.25, -0.2) is 0 Å². The highest BCUT2D eigenvalue weighted by atomic mass is 16.5. The Morgan fingerprint density at radius 3 is 2.28 bits per heavy atom. The minimum absolute atomic E-state index is 0.0934. The van der Waals surface area contributed by atoms with Crippen molar-refractivity contribution in [1.29, 1.82) is 0 Å². The van der Waals surface area contributed by atoms with Crippen LogP contribution in [0.4, 0.5) is 11.4 Å². The van der Waals surface area contributed by atoms with Crippen LogP contribution in [-0.4, -0.2) is 32.3 Å². The highest BCUT2D eigenvalue weighted by molar-refractivity contribution is 5.93. The predicted molar refractivity (Wildman–Crippen MR) is 101 cm³/mol. The highest BCUT2D eigenvalue weighted by Crippen LogP contribution is 2.16. The molecular formula is C20H26N2O3. The second-order valence-corrected chi connectivity index (χ2v) is 5.85.